The molecule has 5 nitrogen and oxygen atoms in total. The smallest absolute Gasteiger partial charge is 0.259 e. The molecule has 2 N–H and O–H groups in total. The first kappa shape index (κ1) is 18.4. The zero-order chi connectivity index (χ0) is 19.3. The van der Waals surface area contributed by atoms with Crippen LogP contribution in [0.1, 0.15) is 42.1 Å². The number of rotatable bonds is 5. The zero-order valence-corrected chi connectivity index (χ0v) is 16.2. The standard InChI is InChI=1S/C23H26N4O/c1-17-7-5-6-14-27(17)16-18-10-12-20(13-11-18)25-23(28)21-15-24-26-22(21)19-8-3-2-4-9-19/h2-4,8-13,15,17H,5-7,14,16H2,1H3,(H,24,26)(H,25,28). The summed E-state index contributed by atoms with van der Waals surface area (Å²) in [5.41, 5.74) is 4.28. The van der Waals surface area contributed by atoms with Gasteiger partial charge >= 0.3 is 0 Å². The lowest BCUT2D eigenvalue weighted by Crippen LogP contribution is -2.36. The number of nitrogens with one attached hydrogen (secondary N) is 2. The zero-order valence-electron chi connectivity index (χ0n) is 16.2. The molecule has 0 spiro atoms. The largest absolute Gasteiger partial charge is 0.322 e. The van der Waals surface area contributed by atoms with Gasteiger partial charge in [0.25, 0.3) is 5.91 Å². The van der Waals surface area contributed by atoms with Crippen LogP contribution in [-0.4, -0.2) is 33.6 Å². The molecule has 0 saturated carbocycles. The summed E-state index contributed by atoms with van der Waals surface area (Å²) in [4.78, 5) is 15.3. The first-order chi connectivity index (χ1) is 13.7. The second kappa shape index (κ2) is 8.40. The summed E-state index contributed by atoms with van der Waals surface area (Å²) in [6.45, 7) is 4.45. The van der Waals surface area contributed by atoms with Crippen molar-refractivity contribution in [3.63, 3.8) is 0 Å². The van der Waals surface area contributed by atoms with Gasteiger partial charge in [-0.25, -0.2) is 0 Å². The number of amides is 1. The van der Waals surface area contributed by atoms with Gasteiger partial charge in [0.1, 0.15) is 0 Å². The average molecular weight is 374 g/mol. The van der Waals surface area contributed by atoms with Gasteiger partial charge in [-0.2, -0.15) is 5.10 Å². The SMILES string of the molecule is CC1CCCCN1Cc1ccc(NC(=O)c2cn[nH]c2-c2ccccc2)cc1. The van der Waals surface area contributed by atoms with Gasteiger partial charge in [0, 0.05) is 23.8 Å². The number of hydrogen-bond donors (Lipinski definition) is 2. The summed E-state index contributed by atoms with van der Waals surface area (Å²) in [7, 11) is 0. The molecule has 1 unspecified atom stereocenters. The monoisotopic (exact) mass is 374 g/mol. The summed E-state index contributed by atoms with van der Waals surface area (Å²) in [6, 6.07) is 18.6. The van der Waals surface area contributed by atoms with Crippen molar-refractivity contribution in [3.8, 4) is 11.3 Å². The van der Waals surface area contributed by atoms with E-state index in [0.29, 0.717) is 11.6 Å². The maximum atomic E-state index is 12.7. The number of piperidine rings is 1. The number of H-pyrrole nitrogens is 1. The third-order valence-electron chi connectivity index (χ3n) is 5.48. The normalized spacial score (nSPS) is 17.4. The van der Waals surface area contributed by atoms with Crippen molar-refractivity contribution in [1.29, 1.82) is 0 Å². The number of likely N-dealkylation sites (tertiary alicyclic amines) is 1. The Morgan fingerprint density at radius 3 is 2.68 bits per heavy atom. The molecule has 0 bridgehead atoms. The molecule has 144 valence electrons. The molecule has 1 saturated heterocycles. The number of hydrogen-bond acceptors (Lipinski definition) is 3. The van der Waals surface area contributed by atoms with Crippen LogP contribution in [0.2, 0.25) is 0 Å². The molecule has 1 amide bonds. The molecule has 1 atom stereocenters. The Balaban J connectivity index is 1.42. The van der Waals surface area contributed by atoms with Crippen molar-refractivity contribution in [3.05, 3.63) is 71.9 Å². The van der Waals surface area contributed by atoms with Crippen LogP contribution in [0.25, 0.3) is 11.3 Å². The summed E-state index contributed by atoms with van der Waals surface area (Å²) in [5, 5.41) is 9.97. The number of anilines is 1. The molecule has 0 aliphatic carbocycles. The van der Waals surface area contributed by atoms with Gasteiger partial charge in [-0.1, -0.05) is 48.9 Å². The molecule has 2 aromatic carbocycles. The molecule has 1 fully saturated rings. The molecule has 28 heavy (non-hydrogen) atoms. The second-order valence-electron chi connectivity index (χ2n) is 7.49. The number of aromatic amines is 1. The highest BCUT2D eigenvalue weighted by Gasteiger charge is 2.18. The van der Waals surface area contributed by atoms with Gasteiger partial charge in [0.05, 0.1) is 17.5 Å². The minimum Gasteiger partial charge on any atom is -0.322 e. The van der Waals surface area contributed by atoms with Crippen LogP contribution in [0, 0.1) is 0 Å². The molecule has 1 aliphatic rings. The Bertz CT molecular complexity index is 917. The van der Waals surface area contributed by atoms with Gasteiger partial charge < -0.3 is 5.32 Å². The van der Waals surface area contributed by atoms with Crippen LogP contribution in [0.3, 0.4) is 0 Å². The van der Waals surface area contributed by atoms with E-state index >= 15 is 0 Å². The fourth-order valence-electron chi connectivity index (χ4n) is 3.80. The second-order valence-corrected chi connectivity index (χ2v) is 7.49. The Morgan fingerprint density at radius 2 is 1.93 bits per heavy atom. The molecule has 0 radical (unpaired) electrons. The lowest BCUT2D eigenvalue weighted by atomic mass is 10.0. The van der Waals surface area contributed by atoms with Crippen LogP contribution < -0.4 is 5.32 Å². The van der Waals surface area contributed by atoms with E-state index in [1.54, 1.807) is 6.20 Å². The van der Waals surface area contributed by atoms with Crippen molar-refractivity contribution < 1.29 is 4.79 Å². The lowest BCUT2D eigenvalue weighted by molar-refractivity contribution is 0.102. The Hall–Kier alpha value is -2.92. The van der Waals surface area contributed by atoms with E-state index in [1.807, 2.05) is 42.5 Å². The number of carbonyl (C=O) groups excluding carboxylic acids is 1. The minimum absolute atomic E-state index is 0.162. The predicted octanol–water partition coefficient (Wildman–Crippen LogP) is 4.70. The van der Waals surface area contributed by atoms with Crippen LogP contribution >= 0.6 is 0 Å². The molecule has 1 aromatic heterocycles. The van der Waals surface area contributed by atoms with E-state index in [1.165, 1.54) is 31.4 Å². The first-order valence-electron chi connectivity index (χ1n) is 9.94. The van der Waals surface area contributed by atoms with E-state index in [-0.39, 0.29) is 5.91 Å². The molecule has 4 rings (SSSR count). The van der Waals surface area contributed by atoms with Gasteiger partial charge in [-0.05, 0) is 44.0 Å². The predicted molar refractivity (Wildman–Crippen MR) is 112 cm³/mol. The summed E-state index contributed by atoms with van der Waals surface area (Å²) in [5.74, 6) is -0.162. The highest BCUT2D eigenvalue weighted by atomic mass is 16.1. The van der Waals surface area contributed by atoms with Crippen molar-refractivity contribution in [1.82, 2.24) is 15.1 Å². The van der Waals surface area contributed by atoms with E-state index in [9.17, 15) is 4.79 Å². The molecule has 2 heterocycles. The van der Waals surface area contributed by atoms with E-state index < -0.39 is 0 Å². The molecular formula is C23H26N4O. The Kier molecular flexibility index (Phi) is 5.53. The highest BCUT2D eigenvalue weighted by molar-refractivity contribution is 6.07. The van der Waals surface area contributed by atoms with E-state index in [2.05, 4.69) is 39.5 Å². The average Bonchev–Trinajstić information content (AvgIpc) is 3.22. The van der Waals surface area contributed by atoms with E-state index in [4.69, 9.17) is 0 Å². The van der Waals surface area contributed by atoms with Crippen molar-refractivity contribution in [2.75, 3.05) is 11.9 Å². The molecule has 5 heteroatoms. The van der Waals surface area contributed by atoms with Gasteiger partial charge in [0.2, 0.25) is 0 Å². The van der Waals surface area contributed by atoms with Crippen LogP contribution in [0.15, 0.2) is 60.8 Å². The minimum atomic E-state index is -0.162. The van der Waals surface area contributed by atoms with E-state index in [0.717, 1.165) is 23.5 Å². The lowest BCUT2D eigenvalue weighted by Gasteiger charge is -2.33. The van der Waals surface area contributed by atoms with Gasteiger partial charge in [-0.3, -0.25) is 14.8 Å². The fraction of sp³-hybridized carbons (Fsp3) is 0.304. The fourth-order valence-corrected chi connectivity index (χ4v) is 3.80. The first-order valence-corrected chi connectivity index (χ1v) is 9.94. The molecule has 3 aromatic rings. The quantitative estimate of drug-likeness (QED) is 0.680. The number of benzene rings is 2. The summed E-state index contributed by atoms with van der Waals surface area (Å²) >= 11 is 0. The summed E-state index contributed by atoms with van der Waals surface area (Å²) in [6.07, 6.45) is 5.47. The molecule has 1 aliphatic heterocycles. The Morgan fingerprint density at radius 1 is 1.14 bits per heavy atom. The topological polar surface area (TPSA) is 61.0 Å². The number of nitrogens with zero attached hydrogens (tertiary/aromatic N) is 2. The number of carbonyl (C=O) groups is 1. The van der Waals surface area contributed by atoms with Crippen molar-refractivity contribution in [2.45, 2.75) is 38.8 Å². The number of aromatic nitrogens is 2. The van der Waals surface area contributed by atoms with Crippen LogP contribution in [0.5, 0.6) is 0 Å². The van der Waals surface area contributed by atoms with Crippen LogP contribution in [0.4, 0.5) is 5.69 Å². The maximum Gasteiger partial charge on any atom is 0.259 e. The van der Waals surface area contributed by atoms with Crippen molar-refractivity contribution in [2.24, 2.45) is 0 Å². The maximum absolute atomic E-state index is 12.7. The highest BCUT2D eigenvalue weighted by Crippen LogP contribution is 2.23. The Labute approximate surface area is 165 Å². The molecular weight excluding hydrogens is 348 g/mol. The van der Waals surface area contributed by atoms with Crippen LogP contribution in [-0.2, 0) is 6.54 Å². The van der Waals surface area contributed by atoms with Gasteiger partial charge in [0.15, 0.2) is 0 Å². The summed E-state index contributed by atoms with van der Waals surface area (Å²) < 4.78 is 0. The van der Waals surface area contributed by atoms with Crippen molar-refractivity contribution >= 4 is 11.6 Å². The third-order valence-corrected chi connectivity index (χ3v) is 5.48. The third kappa shape index (κ3) is 4.15. The van der Waals surface area contributed by atoms with Gasteiger partial charge in [-0.15, -0.1) is 0 Å².